The number of amides is 1. The van der Waals surface area contributed by atoms with Crippen LogP contribution >= 0.6 is 11.6 Å². The van der Waals surface area contributed by atoms with Crippen LogP contribution in [0.2, 0.25) is 5.02 Å². The maximum atomic E-state index is 14.6. The fraction of sp³-hybridized carbons (Fsp3) is 0.273. The first kappa shape index (κ1) is 21.0. The van der Waals surface area contributed by atoms with Gasteiger partial charge in [0.15, 0.2) is 0 Å². The first-order valence-electron chi connectivity index (χ1n) is 9.21. The highest BCUT2D eigenvalue weighted by molar-refractivity contribution is 6.46. The van der Waals surface area contributed by atoms with Crippen LogP contribution in [-0.2, 0) is 14.3 Å². The van der Waals surface area contributed by atoms with E-state index >= 15 is 0 Å². The minimum Gasteiger partial charge on any atom is -0.507 e. The molecular weight excluding hydrogens is 397 g/mol. The van der Waals surface area contributed by atoms with Crippen molar-refractivity contribution in [3.05, 3.63) is 76.1 Å². The molecule has 1 amide bonds. The van der Waals surface area contributed by atoms with Crippen LogP contribution < -0.4 is 0 Å². The maximum Gasteiger partial charge on any atom is 0.295 e. The summed E-state index contributed by atoms with van der Waals surface area (Å²) in [5.74, 6) is -2.66. The second-order valence-corrected chi connectivity index (χ2v) is 7.38. The van der Waals surface area contributed by atoms with Gasteiger partial charge >= 0.3 is 0 Å². The number of aliphatic hydroxyl groups is 1. The van der Waals surface area contributed by atoms with Gasteiger partial charge in [0.25, 0.3) is 11.7 Å². The van der Waals surface area contributed by atoms with E-state index in [1.165, 1.54) is 29.2 Å². The summed E-state index contributed by atoms with van der Waals surface area (Å²) in [5.41, 5.74) is 0.224. The zero-order chi connectivity index (χ0) is 21.1. The van der Waals surface area contributed by atoms with Crippen LogP contribution in [0.4, 0.5) is 4.39 Å². The molecule has 2 aromatic carbocycles. The Labute approximate surface area is 173 Å². The number of ether oxygens (including phenoxy) is 1. The van der Waals surface area contributed by atoms with E-state index in [4.69, 9.17) is 16.3 Å². The molecule has 0 radical (unpaired) electrons. The van der Waals surface area contributed by atoms with Crippen LogP contribution in [0.15, 0.2) is 54.1 Å². The lowest BCUT2D eigenvalue weighted by Crippen LogP contribution is -2.33. The molecular formula is C22H21ClFNO4. The van der Waals surface area contributed by atoms with Gasteiger partial charge in [-0.2, -0.15) is 0 Å². The van der Waals surface area contributed by atoms with Gasteiger partial charge in [-0.1, -0.05) is 41.9 Å². The Morgan fingerprint density at radius 2 is 1.93 bits per heavy atom. The lowest BCUT2D eigenvalue weighted by Gasteiger charge is -2.26. The Morgan fingerprint density at radius 3 is 2.59 bits per heavy atom. The standard InChI is InChI=1S/C22H21ClFNO4/c1-13(2)29-11-10-25-19(16-8-3-4-9-17(16)24)18(21(27)22(25)28)20(26)14-6-5-7-15(23)12-14/h3-9,12-13,19,26H,10-11H2,1-2H3/b20-18-. The summed E-state index contributed by atoms with van der Waals surface area (Å²) >= 11 is 5.99. The van der Waals surface area contributed by atoms with E-state index in [2.05, 4.69) is 0 Å². The number of likely N-dealkylation sites (tertiary alicyclic amines) is 1. The van der Waals surface area contributed by atoms with Crippen molar-refractivity contribution in [3.8, 4) is 0 Å². The molecule has 1 N–H and O–H groups in total. The number of Topliss-reactive ketones (excluding diaryl/α,β-unsaturated/α-hetero) is 1. The molecule has 0 bridgehead atoms. The number of rotatable bonds is 6. The Hall–Kier alpha value is -2.70. The molecule has 0 spiro atoms. The van der Waals surface area contributed by atoms with Gasteiger partial charge in [-0.3, -0.25) is 9.59 Å². The summed E-state index contributed by atoms with van der Waals surface area (Å²) in [7, 11) is 0. The van der Waals surface area contributed by atoms with Crippen LogP contribution in [0, 0.1) is 5.82 Å². The van der Waals surface area contributed by atoms with Crippen molar-refractivity contribution in [2.24, 2.45) is 0 Å². The second kappa shape index (κ2) is 8.76. The van der Waals surface area contributed by atoms with Gasteiger partial charge < -0.3 is 14.7 Å². The monoisotopic (exact) mass is 417 g/mol. The molecule has 1 aliphatic rings. The SMILES string of the molecule is CC(C)OCCN1C(=O)C(=O)/C(=C(\O)c2cccc(Cl)c2)C1c1ccccc1F. The van der Waals surface area contributed by atoms with E-state index in [0.717, 1.165) is 0 Å². The van der Waals surface area contributed by atoms with Crippen LogP contribution in [0.25, 0.3) is 5.76 Å². The predicted molar refractivity (Wildman–Crippen MR) is 108 cm³/mol. The fourth-order valence-electron chi connectivity index (χ4n) is 3.31. The Bertz CT molecular complexity index is 973. The molecule has 0 aromatic heterocycles. The molecule has 152 valence electrons. The molecule has 3 rings (SSSR count). The number of hydrogen-bond donors (Lipinski definition) is 1. The quantitative estimate of drug-likeness (QED) is 0.431. The number of nitrogens with zero attached hydrogens (tertiary/aromatic N) is 1. The first-order chi connectivity index (χ1) is 13.8. The lowest BCUT2D eigenvalue weighted by molar-refractivity contribution is -0.140. The van der Waals surface area contributed by atoms with Crippen molar-refractivity contribution in [1.82, 2.24) is 4.90 Å². The minimum atomic E-state index is -1.06. The van der Waals surface area contributed by atoms with E-state index in [9.17, 15) is 19.1 Å². The van der Waals surface area contributed by atoms with Crippen molar-refractivity contribution in [3.63, 3.8) is 0 Å². The number of benzene rings is 2. The highest BCUT2D eigenvalue weighted by atomic mass is 35.5. The number of carbonyl (C=O) groups is 2. The van der Waals surface area contributed by atoms with E-state index in [-0.39, 0.29) is 36.0 Å². The van der Waals surface area contributed by atoms with Crippen LogP contribution in [0.5, 0.6) is 0 Å². The predicted octanol–water partition coefficient (Wildman–Crippen LogP) is 4.33. The highest BCUT2D eigenvalue weighted by Crippen LogP contribution is 2.40. The normalized spacial score (nSPS) is 18.7. The Balaban J connectivity index is 2.12. The minimum absolute atomic E-state index is 0.0646. The number of hydrogen-bond acceptors (Lipinski definition) is 4. The molecule has 5 nitrogen and oxygen atoms in total. The zero-order valence-corrected chi connectivity index (χ0v) is 16.8. The molecule has 0 saturated carbocycles. The molecule has 1 saturated heterocycles. The summed E-state index contributed by atoms with van der Waals surface area (Å²) in [6.45, 7) is 3.95. The van der Waals surface area contributed by atoms with E-state index in [1.807, 2.05) is 13.8 Å². The van der Waals surface area contributed by atoms with Gasteiger partial charge in [0.1, 0.15) is 11.6 Å². The number of ketones is 1. The van der Waals surface area contributed by atoms with Gasteiger partial charge in [0, 0.05) is 22.7 Å². The summed E-state index contributed by atoms with van der Waals surface area (Å²) in [6, 6.07) is 11.1. The molecule has 1 aliphatic heterocycles. The Morgan fingerprint density at radius 1 is 1.21 bits per heavy atom. The van der Waals surface area contributed by atoms with Gasteiger partial charge in [-0.15, -0.1) is 0 Å². The summed E-state index contributed by atoms with van der Waals surface area (Å²) in [5, 5.41) is 11.2. The molecule has 1 atom stereocenters. The van der Waals surface area contributed by atoms with E-state index in [1.54, 1.807) is 24.3 Å². The molecule has 0 aliphatic carbocycles. The lowest BCUT2D eigenvalue weighted by atomic mass is 9.95. The molecule has 1 heterocycles. The van der Waals surface area contributed by atoms with E-state index < -0.39 is 29.3 Å². The third kappa shape index (κ3) is 4.33. The first-order valence-corrected chi connectivity index (χ1v) is 9.59. The highest BCUT2D eigenvalue weighted by Gasteiger charge is 2.46. The topological polar surface area (TPSA) is 66.8 Å². The zero-order valence-electron chi connectivity index (χ0n) is 16.1. The third-order valence-corrected chi connectivity index (χ3v) is 4.86. The largest absolute Gasteiger partial charge is 0.507 e. The smallest absolute Gasteiger partial charge is 0.295 e. The van der Waals surface area contributed by atoms with Crippen molar-refractivity contribution in [1.29, 1.82) is 0 Å². The summed E-state index contributed by atoms with van der Waals surface area (Å²) < 4.78 is 20.1. The van der Waals surface area contributed by atoms with Crippen molar-refractivity contribution < 1.29 is 23.8 Å². The number of halogens is 2. The Kier molecular flexibility index (Phi) is 6.35. The molecule has 1 fully saturated rings. The van der Waals surface area contributed by atoms with Crippen molar-refractivity contribution in [2.45, 2.75) is 26.0 Å². The average Bonchev–Trinajstić information content (AvgIpc) is 2.92. The fourth-order valence-corrected chi connectivity index (χ4v) is 3.50. The molecule has 7 heteroatoms. The number of carbonyl (C=O) groups excluding carboxylic acids is 2. The summed E-state index contributed by atoms with van der Waals surface area (Å²) in [6.07, 6.45) is -0.0646. The molecule has 2 aromatic rings. The molecule has 1 unspecified atom stereocenters. The third-order valence-electron chi connectivity index (χ3n) is 4.62. The summed E-state index contributed by atoms with van der Waals surface area (Å²) in [4.78, 5) is 26.8. The van der Waals surface area contributed by atoms with Crippen LogP contribution in [-0.4, -0.2) is 41.0 Å². The van der Waals surface area contributed by atoms with E-state index in [0.29, 0.717) is 5.02 Å². The van der Waals surface area contributed by atoms with Gasteiger partial charge in [0.2, 0.25) is 0 Å². The van der Waals surface area contributed by atoms with Gasteiger partial charge in [0.05, 0.1) is 24.3 Å². The number of aliphatic hydroxyl groups excluding tert-OH is 1. The maximum absolute atomic E-state index is 14.6. The van der Waals surface area contributed by atoms with Crippen LogP contribution in [0.1, 0.15) is 31.0 Å². The van der Waals surface area contributed by atoms with Gasteiger partial charge in [-0.25, -0.2) is 4.39 Å². The average molecular weight is 418 g/mol. The van der Waals surface area contributed by atoms with Gasteiger partial charge in [-0.05, 0) is 32.0 Å². The van der Waals surface area contributed by atoms with Crippen LogP contribution in [0.3, 0.4) is 0 Å². The van der Waals surface area contributed by atoms with Crippen molar-refractivity contribution in [2.75, 3.05) is 13.2 Å². The molecule has 29 heavy (non-hydrogen) atoms. The van der Waals surface area contributed by atoms with Crippen molar-refractivity contribution >= 4 is 29.1 Å². The second-order valence-electron chi connectivity index (χ2n) is 6.94.